The topological polar surface area (TPSA) is 84.2 Å². The molecule has 1 aromatic carbocycles. The first-order valence-electron chi connectivity index (χ1n) is 6.87. The van der Waals surface area contributed by atoms with E-state index in [0.717, 1.165) is 0 Å². The van der Waals surface area contributed by atoms with E-state index in [4.69, 9.17) is 5.11 Å². The van der Waals surface area contributed by atoms with Crippen molar-refractivity contribution in [3.05, 3.63) is 47.5 Å². The number of aromatic nitrogens is 2. The third kappa shape index (κ3) is 4.82. The molecule has 2 N–H and O–H groups in total. The molecule has 0 saturated carbocycles. The van der Waals surface area contributed by atoms with Gasteiger partial charge in [0.05, 0.1) is 11.4 Å². The van der Waals surface area contributed by atoms with Crippen LogP contribution in [0, 0.1) is 12.7 Å². The first kappa shape index (κ1) is 17.0. The highest BCUT2D eigenvalue weighted by molar-refractivity contribution is 7.99. The van der Waals surface area contributed by atoms with Crippen molar-refractivity contribution in [2.45, 2.75) is 6.92 Å². The fourth-order valence-corrected chi connectivity index (χ4v) is 2.51. The molecule has 1 heterocycles. The van der Waals surface area contributed by atoms with Crippen LogP contribution >= 0.6 is 11.8 Å². The molecule has 0 bridgehead atoms. The lowest BCUT2D eigenvalue weighted by atomic mass is 10.2. The number of amides is 1. The van der Waals surface area contributed by atoms with Crippen molar-refractivity contribution in [3.63, 3.8) is 0 Å². The van der Waals surface area contributed by atoms with E-state index in [1.165, 1.54) is 28.6 Å². The summed E-state index contributed by atoms with van der Waals surface area (Å²) in [5, 5.41) is 15.4. The summed E-state index contributed by atoms with van der Waals surface area (Å²) in [5.74, 6) is -1.02. The molecule has 1 amide bonds. The second kappa shape index (κ2) is 7.77. The van der Waals surface area contributed by atoms with Crippen molar-refractivity contribution in [2.75, 3.05) is 18.1 Å². The zero-order chi connectivity index (χ0) is 16.8. The maximum atomic E-state index is 13.1. The van der Waals surface area contributed by atoms with Gasteiger partial charge in [0.2, 0.25) is 0 Å². The highest BCUT2D eigenvalue weighted by Crippen LogP contribution is 2.14. The van der Waals surface area contributed by atoms with Crippen molar-refractivity contribution in [3.8, 4) is 5.69 Å². The van der Waals surface area contributed by atoms with E-state index < -0.39 is 5.97 Å². The maximum Gasteiger partial charge on any atom is 0.313 e. The minimum absolute atomic E-state index is 0.00827. The molecule has 0 radical (unpaired) electrons. The van der Waals surface area contributed by atoms with E-state index in [1.807, 2.05) is 0 Å². The number of nitrogens with zero attached hydrogens (tertiary/aromatic N) is 2. The Labute approximate surface area is 136 Å². The van der Waals surface area contributed by atoms with Gasteiger partial charge in [0.25, 0.3) is 5.91 Å². The SMILES string of the molecule is Cc1cc(F)ccc1-n1ccc(C(=O)NCCSCC(=O)O)n1. The van der Waals surface area contributed by atoms with Crippen molar-refractivity contribution in [1.29, 1.82) is 0 Å². The first-order chi connectivity index (χ1) is 11.0. The standard InChI is InChI=1S/C15H16FN3O3S/c1-10-8-11(16)2-3-13(10)19-6-4-12(18-19)15(22)17-5-7-23-9-14(20)21/h2-4,6,8H,5,7,9H2,1H3,(H,17,22)(H,20,21). The molecule has 0 aliphatic heterocycles. The average molecular weight is 337 g/mol. The normalized spacial score (nSPS) is 10.5. The molecule has 23 heavy (non-hydrogen) atoms. The molecule has 6 nitrogen and oxygen atoms in total. The van der Waals surface area contributed by atoms with Crippen molar-refractivity contribution >= 4 is 23.6 Å². The lowest BCUT2D eigenvalue weighted by Gasteiger charge is -2.05. The second-order valence-corrected chi connectivity index (χ2v) is 5.88. The zero-order valence-corrected chi connectivity index (χ0v) is 13.3. The number of thioether (sulfide) groups is 1. The van der Waals surface area contributed by atoms with Gasteiger partial charge in [-0.2, -0.15) is 5.10 Å². The van der Waals surface area contributed by atoms with Crippen LogP contribution in [0.15, 0.2) is 30.5 Å². The number of nitrogens with one attached hydrogen (secondary N) is 1. The molecule has 2 aromatic rings. The first-order valence-corrected chi connectivity index (χ1v) is 8.03. The largest absolute Gasteiger partial charge is 0.481 e. The Kier molecular flexibility index (Phi) is 5.75. The minimum atomic E-state index is -0.880. The lowest BCUT2D eigenvalue weighted by Crippen LogP contribution is -2.26. The van der Waals surface area contributed by atoms with Crippen molar-refractivity contribution in [1.82, 2.24) is 15.1 Å². The fraction of sp³-hybridized carbons (Fsp3) is 0.267. The van der Waals surface area contributed by atoms with Crippen LogP contribution in [0.3, 0.4) is 0 Å². The van der Waals surface area contributed by atoms with Crippen LogP contribution in [0.5, 0.6) is 0 Å². The Bertz CT molecular complexity index is 718. The van der Waals surface area contributed by atoms with Gasteiger partial charge in [-0.25, -0.2) is 9.07 Å². The fourth-order valence-electron chi connectivity index (χ4n) is 1.94. The van der Waals surface area contributed by atoms with Gasteiger partial charge < -0.3 is 10.4 Å². The highest BCUT2D eigenvalue weighted by atomic mass is 32.2. The summed E-state index contributed by atoms with van der Waals surface area (Å²) in [7, 11) is 0. The Morgan fingerprint density at radius 1 is 1.39 bits per heavy atom. The summed E-state index contributed by atoms with van der Waals surface area (Å²) in [6.45, 7) is 2.12. The van der Waals surface area contributed by atoms with E-state index >= 15 is 0 Å². The Morgan fingerprint density at radius 3 is 2.87 bits per heavy atom. The summed E-state index contributed by atoms with van der Waals surface area (Å²) in [6, 6.07) is 5.91. The van der Waals surface area contributed by atoms with Crippen molar-refractivity contribution < 1.29 is 19.1 Å². The number of carboxylic acid groups (broad SMARTS) is 1. The molecule has 122 valence electrons. The summed E-state index contributed by atoms with van der Waals surface area (Å²) < 4.78 is 14.6. The highest BCUT2D eigenvalue weighted by Gasteiger charge is 2.11. The number of halogens is 1. The van der Waals surface area contributed by atoms with Crippen LogP contribution in [-0.2, 0) is 4.79 Å². The number of carbonyl (C=O) groups is 2. The van der Waals surface area contributed by atoms with Gasteiger partial charge >= 0.3 is 5.97 Å². The molecule has 0 atom stereocenters. The molecule has 2 rings (SSSR count). The smallest absolute Gasteiger partial charge is 0.313 e. The number of aryl methyl sites for hydroxylation is 1. The number of hydrogen-bond acceptors (Lipinski definition) is 4. The van der Waals surface area contributed by atoms with Crippen LogP contribution in [0.4, 0.5) is 4.39 Å². The van der Waals surface area contributed by atoms with Crippen LogP contribution < -0.4 is 5.32 Å². The van der Waals surface area contributed by atoms with E-state index in [2.05, 4.69) is 10.4 Å². The molecule has 1 aromatic heterocycles. The summed E-state index contributed by atoms with van der Waals surface area (Å²) in [5.41, 5.74) is 1.66. The van der Waals surface area contributed by atoms with Crippen LogP contribution in [0.25, 0.3) is 5.69 Å². The molecule has 0 saturated heterocycles. The number of aliphatic carboxylic acids is 1. The van der Waals surface area contributed by atoms with E-state index in [9.17, 15) is 14.0 Å². The van der Waals surface area contributed by atoms with Gasteiger partial charge in [-0.15, -0.1) is 11.8 Å². The van der Waals surface area contributed by atoms with Crippen LogP contribution in [-0.4, -0.2) is 44.8 Å². The number of rotatable bonds is 7. The number of hydrogen-bond donors (Lipinski definition) is 2. The Morgan fingerprint density at radius 2 is 2.17 bits per heavy atom. The molecular weight excluding hydrogens is 321 g/mol. The second-order valence-electron chi connectivity index (χ2n) is 4.78. The van der Waals surface area contributed by atoms with Gasteiger partial charge in [0, 0.05) is 18.5 Å². The van der Waals surface area contributed by atoms with Gasteiger partial charge in [-0.05, 0) is 36.8 Å². The minimum Gasteiger partial charge on any atom is -0.481 e. The number of carbonyl (C=O) groups excluding carboxylic acids is 1. The van der Waals surface area contributed by atoms with Gasteiger partial charge in [-0.1, -0.05) is 0 Å². The molecular formula is C15H16FN3O3S. The average Bonchev–Trinajstić information content (AvgIpc) is 2.96. The quantitative estimate of drug-likeness (QED) is 0.754. The summed E-state index contributed by atoms with van der Waals surface area (Å²) in [6.07, 6.45) is 1.63. The molecule has 0 spiro atoms. The summed E-state index contributed by atoms with van der Waals surface area (Å²) in [4.78, 5) is 22.3. The monoisotopic (exact) mass is 337 g/mol. The maximum absolute atomic E-state index is 13.1. The molecule has 8 heteroatoms. The van der Waals surface area contributed by atoms with Crippen LogP contribution in [0.2, 0.25) is 0 Å². The zero-order valence-electron chi connectivity index (χ0n) is 12.5. The van der Waals surface area contributed by atoms with Gasteiger partial charge in [0.1, 0.15) is 5.82 Å². The third-order valence-electron chi connectivity index (χ3n) is 2.98. The predicted molar refractivity (Wildman–Crippen MR) is 85.6 cm³/mol. The van der Waals surface area contributed by atoms with Gasteiger partial charge in [0.15, 0.2) is 5.69 Å². The molecule has 0 unspecified atom stereocenters. The van der Waals surface area contributed by atoms with E-state index in [1.54, 1.807) is 25.3 Å². The number of carboxylic acids is 1. The third-order valence-corrected chi connectivity index (χ3v) is 3.93. The Balaban J connectivity index is 1.93. The van der Waals surface area contributed by atoms with E-state index in [-0.39, 0.29) is 23.2 Å². The lowest BCUT2D eigenvalue weighted by molar-refractivity contribution is -0.133. The van der Waals surface area contributed by atoms with Crippen molar-refractivity contribution in [2.24, 2.45) is 0 Å². The molecule has 0 aliphatic carbocycles. The number of benzene rings is 1. The molecule has 0 fully saturated rings. The summed E-state index contributed by atoms with van der Waals surface area (Å²) >= 11 is 1.23. The van der Waals surface area contributed by atoms with Crippen LogP contribution in [0.1, 0.15) is 16.1 Å². The van der Waals surface area contributed by atoms with Gasteiger partial charge in [-0.3, -0.25) is 9.59 Å². The predicted octanol–water partition coefficient (Wildman–Crippen LogP) is 1.87. The van der Waals surface area contributed by atoms with E-state index in [0.29, 0.717) is 23.5 Å². The Hall–Kier alpha value is -2.35. The molecule has 0 aliphatic rings.